The van der Waals surface area contributed by atoms with Gasteiger partial charge >= 0.3 is 17.9 Å². The minimum Gasteiger partial charge on any atom is -0.477 e. The lowest BCUT2D eigenvalue weighted by Crippen LogP contribution is -2.50. The molecule has 47 heavy (non-hydrogen) atoms. The molecule has 0 rings (SSSR count). The van der Waals surface area contributed by atoms with Crippen molar-refractivity contribution in [2.24, 2.45) is 0 Å². The van der Waals surface area contributed by atoms with E-state index in [1.165, 1.54) is 109 Å². The predicted octanol–water partition coefficient (Wildman–Crippen LogP) is 9.80. The second kappa shape index (κ2) is 31.6. The molecular formula is C39H76NO7+. The number of hydrogen-bond acceptors (Lipinski definition) is 6. The molecule has 2 unspecified atom stereocenters. The number of aliphatic carboxylic acids is 1. The summed E-state index contributed by atoms with van der Waals surface area (Å²) in [6.45, 7) is 4.70. The molecule has 0 amide bonds. The van der Waals surface area contributed by atoms with Crippen LogP contribution in [0.15, 0.2) is 0 Å². The van der Waals surface area contributed by atoms with Gasteiger partial charge in [0.1, 0.15) is 6.61 Å². The normalized spacial score (nSPS) is 13.0. The molecule has 8 nitrogen and oxygen atoms in total. The van der Waals surface area contributed by atoms with Crippen molar-refractivity contribution in [1.82, 2.24) is 0 Å². The minimum absolute atomic E-state index is 0.0435. The SMILES string of the molecule is CCCCCCCCCCCCCCCCCCC(=O)OCC(COCCC(C(=O)O)[N+](C)(C)C)OC(=O)CCCCCCCCC. The molecule has 0 aliphatic rings. The van der Waals surface area contributed by atoms with Crippen molar-refractivity contribution >= 4 is 17.9 Å². The largest absolute Gasteiger partial charge is 0.477 e. The molecule has 0 saturated heterocycles. The molecule has 1 N–H and O–H groups in total. The first-order valence-electron chi connectivity index (χ1n) is 19.6. The van der Waals surface area contributed by atoms with Gasteiger partial charge in [0.25, 0.3) is 0 Å². The molecule has 278 valence electrons. The first kappa shape index (κ1) is 45.3. The highest BCUT2D eigenvalue weighted by molar-refractivity contribution is 5.72. The van der Waals surface area contributed by atoms with Crippen LogP contribution in [0.2, 0.25) is 0 Å². The Kier molecular flexibility index (Phi) is 30.5. The quantitative estimate of drug-likeness (QED) is 0.0407. The van der Waals surface area contributed by atoms with Crippen molar-refractivity contribution in [3.63, 3.8) is 0 Å². The molecule has 0 fully saturated rings. The Morgan fingerprint density at radius 2 is 0.936 bits per heavy atom. The average Bonchev–Trinajstić information content (AvgIpc) is 3.01. The lowest BCUT2D eigenvalue weighted by atomic mass is 10.0. The van der Waals surface area contributed by atoms with Gasteiger partial charge in [0.2, 0.25) is 0 Å². The fourth-order valence-electron chi connectivity index (χ4n) is 5.91. The summed E-state index contributed by atoms with van der Waals surface area (Å²) in [5.41, 5.74) is 0. The summed E-state index contributed by atoms with van der Waals surface area (Å²) in [6.07, 6.45) is 28.7. The van der Waals surface area contributed by atoms with E-state index in [1.807, 2.05) is 21.1 Å². The van der Waals surface area contributed by atoms with Crippen molar-refractivity contribution < 1.29 is 38.2 Å². The number of carbonyl (C=O) groups excluding carboxylic acids is 2. The minimum atomic E-state index is -0.873. The van der Waals surface area contributed by atoms with Crippen LogP contribution in [0.1, 0.15) is 181 Å². The summed E-state index contributed by atoms with van der Waals surface area (Å²) in [6, 6.07) is -0.606. The molecule has 0 aromatic carbocycles. The molecular weight excluding hydrogens is 594 g/mol. The van der Waals surface area contributed by atoms with Crippen LogP contribution in [0.5, 0.6) is 0 Å². The highest BCUT2D eigenvalue weighted by Gasteiger charge is 2.31. The van der Waals surface area contributed by atoms with Gasteiger partial charge in [-0.15, -0.1) is 0 Å². The fraction of sp³-hybridized carbons (Fsp3) is 0.923. The van der Waals surface area contributed by atoms with Gasteiger partial charge in [-0.25, -0.2) is 4.79 Å². The highest BCUT2D eigenvalue weighted by atomic mass is 16.6. The van der Waals surface area contributed by atoms with Gasteiger partial charge in [0, 0.05) is 19.3 Å². The molecule has 0 saturated carbocycles. The summed E-state index contributed by atoms with van der Waals surface area (Å²) in [5, 5.41) is 9.56. The Balaban J connectivity index is 4.25. The van der Waals surface area contributed by atoms with E-state index in [1.54, 1.807) is 0 Å². The van der Waals surface area contributed by atoms with E-state index in [4.69, 9.17) is 14.2 Å². The van der Waals surface area contributed by atoms with Crippen LogP contribution in [-0.4, -0.2) is 80.6 Å². The van der Waals surface area contributed by atoms with Gasteiger partial charge in [0.15, 0.2) is 12.1 Å². The number of esters is 2. The van der Waals surface area contributed by atoms with Crippen LogP contribution in [0.25, 0.3) is 0 Å². The van der Waals surface area contributed by atoms with Crippen LogP contribution in [0.4, 0.5) is 0 Å². The summed E-state index contributed by atoms with van der Waals surface area (Å²) in [4.78, 5) is 36.6. The number of unbranched alkanes of at least 4 members (excludes halogenated alkanes) is 21. The number of rotatable bonds is 35. The average molecular weight is 671 g/mol. The van der Waals surface area contributed by atoms with Crippen LogP contribution in [-0.2, 0) is 28.6 Å². The molecule has 0 aromatic heterocycles. The van der Waals surface area contributed by atoms with Crippen molar-refractivity contribution in [3.05, 3.63) is 0 Å². The summed E-state index contributed by atoms with van der Waals surface area (Å²) >= 11 is 0. The number of carboxylic acid groups (broad SMARTS) is 1. The zero-order valence-corrected chi connectivity index (χ0v) is 31.5. The molecule has 0 aliphatic heterocycles. The predicted molar refractivity (Wildman–Crippen MR) is 193 cm³/mol. The van der Waals surface area contributed by atoms with Crippen molar-refractivity contribution in [3.8, 4) is 0 Å². The Bertz CT molecular complexity index is 752. The van der Waals surface area contributed by atoms with E-state index < -0.39 is 18.1 Å². The van der Waals surface area contributed by atoms with E-state index in [-0.39, 0.29) is 36.2 Å². The maximum Gasteiger partial charge on any atom is 0.362 e. The van der Waals surface area contributed by atoms with Gasteiger partial charge in [-0.1, -0.05) is 149 Å². The molecule has 0 radical (unpaired) electrons. The van der Waals surface area contributed by atoms with Gasteiger partial charge < -0.3 is 23.8 Å². The van der Waals surface area contributed by atoms with Gasteiger partial charge in [-0.2, -0.15) is 0 Å². The van der Waals surface area contributed by atoms with Crippen molar-refractivity contribution in [1.29, 1.82) is 0 Å². The van der Waals surface area contributed by atoms with E-state index in [2.05, 4.69) is 13.8 Å². The van der Waals surface area contributed by atoms with Crippen LogP contribution < -0.4 is 0 Å². The third-order valence-corrected chi connectivity index (χ3v) is 9.01. The maximum atomic E-state index is 12.5. The second-order valence-electron chi connectivity index (χ2n) is 14.6. The Morgan fingerprint density at radius 3 is 1.32 bits per heavy atom. The molecule has 8 heteroatoms. The zero-order valence-electron chi connectivity index (χ0n) is 31.5. The number of carboxylic acids is 1. The monoisotopic (exact) mass is 671 g/mol. The number of ether oxygens (including phenoxy) is 3. The first-order valence-corrected chi connectivity index (χ1v) is 19.6. The third-order valence-electron chi connectivity index (χ3n) is 9.01. The number of likely N-dealkylation sites (N-methyl/N-ethyl adjacent to an activating group) is 1. The third kappa shape index (κ3) is 30.1. The summed E-state index contributed by atoms with van der Waals surface area (Å²) < 4.78 is 17.2. The second-order valence-corrected chi connectivity index (χ2v) is 14.6. The summed E-state index contributed by atoms with van der Waals surface area (Å²) in [5.74, 6) is -1.46. The van der Waals surface area contributed by atoms with Crippen molar-refractivity contribution in [2.75, 3.05) is 41.0 Å². The molecule has 0 aliphatic carbocycles. The summed E-state index contributed by atoms with van der Waals surface area (Å²) in [7, 11) is 5.52. The number of quaternary nitrogens is 1. The van der Waals surface area contributed by atoms with E-state index in [9.17, 15) is 19.5 Å². The van der Waals surface area contributed by atoms with Crippen LogP contribution >= 0.6 is 0 Å². The number of nitrogens with zero attached hydrogens (tertiary/aromatic N) is 1. The molecule has 0 spiro atoms. The Labute approximate surface area is 289 Å². The van der Waals surface area contributed by atoms with Crippen LogP contribution in [0.3, 0.4) is 0 Å². The van der Waals surface area contributed by atoms with Gasteiger partial charge in [-0.3, -0.25) is 9.59 Å². The molecule has 2 atom stereocenters. The molecule has 0 bridgehead atoms. The smallest absolute Gasteiger partial charge is 0.362 e. The maximum absolute atomic E-state index is 12.5. The number of carbonyl (C=O) groups is 3. The van der Waals surface area contributed by atoms with E-state index in [0.717, 1.165) is 38.5 Å². The molecule has 0 heterocycles. The Morgan fingerprint density at radius 1 is 0.553 bits per heavy atom. The Hall–Kier alpha value is -1.67. The standard InChI is InChI=1S/C39H75NO7/c1-6-8-10-12-14-15-16-17-18-19-20-21-22-24-25-27-29-37(41)46-34-35(33-45-32-31-36(39(43)44)40(3,4)5)47-38(42)30-28-26-23-13-11-9-7-2/h35-36H,6-34H2,1-5H3/p+1. The topological polar surface area (TPSA) is 99.1 Å². The fourth-order valence-corrected chi connectivity index (χ4v) is 5.91. The molecule has 0 aromatic rings. The van der Waals surface area contributed by atoms with Crippen LogP contribution in [0, 0.1) is 0 Å². The lowest BCUT2D eigenvalue weighted by molar-refractivity contribution is -0.887. The highest BCUT2D eigenvalue weighted by Crippen LogP contribution is 2.15. The van der Waals surface area contributed by atoms with Gasteiger partial charge in [-0.05, 0) is 12.8 Å². The first-order chi connectivity index (χ1) is 22.6. The van der Waals surface area contributed by atoms with E-state index in [0.29, 0.717) is 19.3 Å². The lowest BCUT2D eigenvalue weighted by Gasteiger charge is -2.31. The van der Waals surface area contributed by atoms with Crippen molar-refractivity contribution in [2.45, 2.75) is 193 Å². The van der Waals surface area contributed by atoms with Gasteiger partial charge in [0.05, 0.1) is 34.4 Å². The van der Waals surface area contributed by atoms with E-state index >= 15 is 0 Å². The number of hydrogen-bond donors (Lipinski definition) is 1. The zero-order chi connectivity index (χ0) is 35.0.